The van der Waals surface area contributed by atoms with Gasteiger partial charge in [-0.3, -0.25) is 9.59 Å². The van der Waals surface area contributed by atoms with E-state index in [1.165, 1.54) is 13.8 Å². The van der Waals surface area contributed by atoms with Gasteiger partial charge in [0.25, 0.3) is 0 Å². The molecule has 0 aromatic heterocycles. The lowest BCUT2D eigenvalue weighted by Gasteiger charge is -2.45. The number of carbonyl (C=O) groups excluding carboxylic acids is 2. The monoisotopic (exact) mass is 305 g/mol. The molecule has 2 heterocycles. The Bertz CT molecular complexity index is 588. The molecule has 22 heavy (non-hydrogen) atoms. The largest absolute Gasteiger partial charge is 0.463 e. The highest BCUT2D eigenvalue weighted by molar-refractivity contribution is 5.67. The minimum atomic E-state index is -0.485. The van der Waals surface area contributed by atoms with Crippen molar-refractivity contribution in [2.24, 2.45) is 0 Å². The van der Waals surface area contributed by atoms with Crippen LogP contribution in [0.5, 0.6) is 0 Å². The number of rotatable bonds is 3. The van der Waals surface area contributed by atoms with Crippen LogP contribution >= 0.6 is 0 Å². The first kappa shape index (κ1) is 14.8. The summed E-state index contributed by atoms with van der Waals surface area (Å²) in [5.74, 6) is -0.755. The summed E-state index contributed by atoms with van der Waals surface area (Å²) in [6.45, 7) is 2.79. The van der Waals surface area contributed by atoms with Gasteiger partial charge in [0, 0.05) is 31.5 Å². The predicted molar refractivity (Wildman–Crippen MR) is 78.3 cm³/mol. The van der Waals surface area contributed by atoms with E-state index in [1.54, 1.807) is 0 Å². The Labute approximate surface area is 128 Å². The molecule has 2 aliphatic rings. The number of hydrogen-bond donors (Lipinski definition) is 1. The first-order valence-electron chi connectivity index (χ1n) is 7.36. The zero-order valence-electron chi connectivity index (χ0n) is 12.6. The molecule has 3 rings (SSSR count). The van der Waals surface area contributed by atoms with E-state index in [0.717, 1.165) is 11.3 Å². The fraction of sp³-hybridized carbons (Fsp3) is 0.500. The van der Waals surface area contributed by atoms with Gasteiger partial charge in [-0.1, -0.05) is 18.2 Å². The molecule has 0 amide bonds. The summed E-state index contributed by atoms with van der Waals surface area (Å²) in [6, 6.07) is 7.85. The second kappa shape index (κ2) is 5.96. The average molecular weight is 305 g/mol. The molecule has 0 unspecified atom stereocenters. The van der Waals surface area contributed by atoms with Gasteiger partial charge in [-0.15, -0.1) is 0 Å². The van der Waals surface area contributed by atoms with E-state index in [1.807, 2.05) is 24.3 Å². The van der Waals surface area contributed by atoms with E-state index in [-0.39, 0.29) is 30.7 Å². The van der Waals surface area contributed by atoms with Crippen molar-refractivity contribution in [3.63, 3.8) is 0 Å². The Morgan fingerprint density at radius 1 is 1.27 bits per heavy atom. The van der Waals surface area contributed by atoms with Gasteiger partial charge in [-0.2, -0.15) is 0 Å². The van der Waals surface area contributed by atoms with Crippen molar-refractivity contribution in [1.29, 1.82) is 0 Å². The van der Waals surface area contributed by atoms with Gasteiger partial charge in [0.05, 0.1) is 12.1 Å². The SMILES string of the molecule is CC(=O)OC[C@H]1O[C@@H]2C[C@@H](Nc3ccccc32)[C@@H]1OC(C)=O. The molecule has 118 valence electrons. The standard InChI is InChI=1S/C16H19NO5/c1-9(18)20-8-15-16(21-10(2)19)13-7-14(22-15)11-5-3-4-6-12(11)17-13/h3-6,13-17H,7-8H2,1-2H3/t13-,14-,15-,16+/m1/s1. The van der Waals surface area contributed by atoms with Crippen molar-refractivity contribution in [3.05, 3.63) is 29.8 Å². The molecule has 6 heteroatoms. The fourth-order valence-electron chi connectivity index (χ4n) is 3.10. The Morgan fingerprint density at radius 2 is 2.05 bits per heavy atom. The summed E-state index contributed by atoms with van der Waals surface area (Å²) in [4.78, 5) is 22.4. The number of para-hydroxylation sites is 1. The van der Waals surface area contributed by atoms with Crippen LogP contribution in [0.4, 0.5) is 5.69 Å². The summed E-state index contributed by atoms with van der Waals surface area (Å²) < 4.78 is 16.5. The zero-order valence-corrected chi connectivity index (χ0v) is 12.6. The molecule has 1 aromatic rings. The van der Waals surface area contributed by atoms with E-state index in [0.29, 0.717) is 6.42 Å². The van der Waals surface area contributed by atoms with Gasteiger partial charge >= 0.3 is 11.9 Å². The van der Waals surface area contributed by atoms with Crippen molar-refractivity contribution in [2.75, 3.05) is 11.9 Å². The third kappa shape index (κ3) is 2.92. The number of fused-ring (bicyclic) bond motifs is 4. The molecule has 0 radical (unpaired) electrons. The number of benzene rings is 1. The molecular weight excluding hydrogens is 286 g/mol. The Hall–Kier alpha value is -2.08. The van der Waals surface area contributed by atoms with Crippen LogP contribution in [-0.2, 0) is 23.8 Å². The van der Waals surface area contributed by atoms with Crippen molar-refractivity contribution in [3.8, 4) is 0 Å². The van der Waals surface area contributed by atoms with Crippen LogP contribution < -0.4 is 5.32 Å². The molecule has 0 aliphatic carbocycles. The normalized spacial score (nSPS) is 29.0. The van der Waals surface area contributed by atoms with E-state index in [2.05, 4.69) is 5.32 Å². The second-order valence-corrected chi connectivity index (χ2v) is 5.61. The highest BCUT2D eigenvalue weighted by atomic mass is 16.6. The third-order valence-electron chi connectivity index (χ3n) is 3.97. The molecule has 0 saturated carbocycles. The van der Waals surface area contributed by atoms with Gasteiger partial charge in [0.15, 0.2) is 6.10 Å². The summed E-state index contributed by atoms with van der Waals surface area (Å²) in [7, 11) is 0. The molecule has 1 N–H and O–H groups in total. The zero-order chi connectivity index (χ0) is 15.7. The smallest absolute Gasteiger partial charge is 0.303 e. The minimum absolute atomic E-state index is 0.0573. The maximum atomic E-state index is 11.4. The lowest BCUT2D eigenvalue weighted by atomic mass is 9.87. The van der Waals surface area contributed by atoms with Crippen LogP contribution in [0.25, 0.3) is 0 Å². The lowest BCUT2D eigenvalue weighted by Crippen LogP contribution is -2.54. The molecular formula is C16H19NO5. The number of anilines is 1. The van der Waals surface area contributed by atoms with Crippen LogP contribution in [0.2, 0.25) is 0 Å². The molecule has 4 atom stereocenters. The van der Waals surface area contributed by atoms with E-state index < -0.39 is 12.2 Å². The first-order valence-corrected chi connectivity index (χ1v) is 7.36. The predicted octanol–water partition coefficient (Wildman–Crippen LogP) is 1.81. The van der Waals surface area contributed by atoms with E-state index in [4.69, 9.17) is 14.2 Å². The van der Waals surface area contributed by atoms with Gasteiger partial charge in [0.1, 0.15) is 12.7 Å². The van der Waals surface area contributed by atoms with Gasteiger partial charge < -0.3 is 19.5 Å². The van der Waals surface area contributed by atoms with E-state index in [9.17, 15) is 9.59 Å². The molecule has 1 aromatic carbocycles. The molecule has 1 fully saturated rings. The van der Waals surface area contributed by atoms with Crippen molar-refractivity contribution in [2.45, 2.75) is 44.6 Å². The van der Waals surface area contributed by atoms with Crippen LogP contribution in [0.15, 0.2) is 24.3 Å². The molecule has 0 spiro atoms. The van der Waals surface area contributed by atoms with Crippen LogP contribution in [-0.4, -0.2) is 36.8 Å². The summed E-state index contributed by atoms with van der Waals surface area (Å²) in [6.07, 6.45) is -0.334. The fourth-order valence-corrected chi connectivity index (χ4v) is 3.10. The summed E-state index contributed by atoms with van der Waals surface area (Å²) in [5, 5.41) is 3.40. The van der Waals surface area contributed by atoms with Crippen molar-refractivity contribution in [1.82, 2.24) is 0 Å². The van der Waals surface area contributed by atoms with Crippen LogP contribution in [0, 0.1) is 0 Å². The van der Waals surface area contributed by atoms with E-state index >= 15 is 0 Å². The Morgan fingerprint density at radius 3 is 2.77 bits per heavy atom. The first-order chi connectivity index (χ1) is 10.5. The maximum Gasteiger partial charge on any atom is 0.303 e. The van der Waals surface area contributed by atoms with Gasteiger partial charge in [-0.25, -0.2) is 0 Å². The van der Waals surface area contributed by atoms with Gasteiger partial charge in [0.2, 0.25) is 0 Å². The molecule has 2 aliphatic heterocycles. The van der Waals surface area contributed by atoms with Crippen LogP contribution in [0.3, 0.4) is 0 Å². The number of carbonyl (C=O) groups is 2. The average Bonchev–Trinajstić information content (AvgIpc) is 2.48. The topological polar surface area (TPSA) is 73.9 Å². The Kier molecular flexibility index (Phi) is 4.02. The highest BCUT2D eigenvalue weighted by Gasteiger charge is 2.45. The highest BCUT2D eigenvalue weighted by Crippen LogP contribution is 2.41. The molecule has 1 saturated heterocycles. The van der Waals surface area contributed by atoms with Crippen LogP contribution in [0.1, 0.15) is 31.9 Å². The van der Waals surface area contributed by atoms with Crippen molar-refractivity contribution >= 4 is 17.6 Å². The number of hydrogen-bond acceptors (Lipinski definition) is 6. The quantitative estimate of drug-likeness (QED) is 0.859. The summed E-state index contributed by atoms with van der Waals surface area (Å²) >= 11 is 0. The number of esters is 2. The second-order valence-electron chi connectivity index (χ2n) is 5.61. The molecule has 2 bridgehead atoms. The Balaban J connectivity index is 1.85. The molecule has 6 nitrogen and oxygen atoms in total. The number of ether oxygens (including phenoxy) is 3. The number of nitrogens with one attached hydrogen (secondary N) is 1. The summed E-state index contributed by atoms with van der Waals surface area (Å²) in [5.41, 5.74) is 2.07. The van der Waals surface area contributed by atoms with Crippen molar-refractivity contribution < 1.29 is 23.8 Å². The lowest BCUT2D eigenvalue weighted by molar-refractivity contribution is -0.185. The van der Waals surface area contributed by atoms with Gasteiger partial charge in [-0.05, 0) is 6.07 Å². The minimum Gasteiger partial charge on any atom is -0.463 e. The third-order valence-corrected chi connectivity index (χ3v) is 3.97. The maximum absolute atomic E-state index is 11.4.